The number of likely N-dealkylation sites (tertiary alicyclic amines) is 1. The Morgan fingerprint density at radius 3 is 2.62 bits per heavy atom. The molecule has 1 heterocycles. The average molecular weight is 391 g/mol. The standard InChI is InChI=1S/C21H24Cl2N2O/c1-2-15-7-3-4-11-20(15)24-21(26)16-8-6-12-25(13-16)14-17-18(22)9-5-10-19(17)23/h3-5,7,9-11,16H,2,6,8,12-14H2,1H3,(H,24,26)/t16-/m1/s1. The first kappa shape index (κ1) is 19.2. The molecule has 1 fully saturated rings. The molecule has 2 aromatic rings. The number of halogens is 2. The summed E-state index contributed by atoms with van der Waals surface area (Å²) < 4.78 is 0. The molecule has 0 aromatic heterocycles. The number of carbonyl (C=O) groups excluding carboxylic acids is 1. The molecular weight excluding hydrogens is 367 g/mol. The van der Waals surface area contributed by atoms with Crippen LogP contribution in [0.3, 0.4) is 0 Å². The summed E-state index contributed by atoms with van der Waals surface area (Å²) in [6, 6.07) is 13.6. The average Bonchev–Trinajstić information content (AvgIpc) is 2.65. The molecule has 138 valence electrons. The van der Waals surface area contributed by atoms with Gasteiger partial charge in [-0.1, -0.05) is 54.4 Å². The smallest absolute Gasteiger partial charge is 0.228 e. The van der Waals surface area contributed by atoms with Crippen LogP contribution < -0.4 is 5.32 Å². The molecule has 0 spiro atoms. The fraction of sp³-hybridized carbons (Fsp3) is 0.381. The maximum absolute atomic E-state index is 12.8. The maximum Gasteiger partial charge on any atom is 0.228 e. The van der Waals surface area contributed by atoms with Gasteiger partial charge in [0.05, 0.1) is 5.92 Å². The lowest BCUT2D eigenvalue weighted by Gasteiger charge is -2.32. The van der Waals surface area contributed by atoms with Crippen LogP contribution in [0.1, 0.15) is 30.9 Å². The van der Waals surface area contributed by atoms with E-state index in [2.05, 4.69) is 23.2 Å². The number of nitrogens with one attached hydrogen (secondary N) is 1. The van der Waals surface area contributed by atoms with Crippen LogP contribution >= 0.6 is 23.2 Å². The van der Waals surface area contributed by atoms with Crippen molar-refractivity contribution < 1.29 is 4.79 Å². The molecule has 0 radical (unpaired) electrons. The number of aryl methyl sites for hydroxylation is 1. The van der Waals surface area contributed by atoms with Crippen LogP contribution in [0.5, 0.6) is 0 Å². The van der Waals surface area contributed by atoms with Crippen LogP contribution in [0.15, 0.2) is 42.5 Å². The summed E-state index contributed by atoms with van der Waals surface area (Å²) in [5.74, 6) is 0.0794. The Kier molecular flexibility index (Phi) is 6.58. The normalized spacial score (nSPS) is 17.9. The summed E-state index contributed by atoms with van der Waals surface area (Å²) in [4.78, 5) is 15.0. The second kappa shape index (κ2) is 8.90. The summed E-state index contributed by atoms with van der Waals surface area (Å²) in [7, 11) is 0. The number of benzene rings is 2. The van der Waals surface area contributed by atoms with E-state index in [9.17, 15) is 4.79 Å². The van der Waals surface area contributed by atoms with Crippen molar-refractivity contribution in [1.82, 2.24) is 4.90 Å². The fourth-order valence-corrected chi connectivity index (χ4v) is 4.02. The zero-order valence-electron chi connectivity index (χ0n) is 15.0. The van der Waals surface area contributed by atoms with Gasteiger partial charge in [0.1, 0.15) is 0 Å². The van der Waals surface area contributed by atoms with Crippen molar-refractivity contribution in [1.29, 1.82) is 0 Å². The molecular formula is C21H24Cl2N2O. The van der Waals surface area contributed by atoms with Gasteiger partial charge in [-0.2, -0.15) is 0 Å². The number of para-hydroxylation sites is 1. The number of hydrogen-bond donors (Lipinski definition) is 1. The van der Waals surface area contributed by atoms with E-state index in [1.54, 1.807) is 0 Å². The van der Waals surface area contributed by atoms with Crippen molar-refractivity contribution in [3.8, 4) is 0 Å². The van der Waals surface area contributed by atoms with Crippen LogP contribution in [-0.2, 0) is 17.8 Å². The quantitative estimate of drug-likeness (QED) is 0.740. The predicted molar refractivity (Wildman–Crippen MR) is 109 cm³/mol. The van der Waals surface area contributed by atoms with Crippen LogP contribution in [0, 0.1) is 5.92 Å². The second-order valence-corrected chi connectivity index (χ2v) is 7.59. The minimum absolute atomic E-state index is 0.0186. The molecule has 3 rings (SSSR count). The Labute approximate surface area is 165 Å². The third-order valence-corrected chi connectivity index (χ3v) is 5.68. The fourth-order valence-electron chi connectivity index (χ4n) is 3.51. The molecule has 0 unspecified atom stereocenters. The van der Waals surface area contributed by atoms with Crippen LogP contribution in [0.4, 0.5) is 5.69 Å². The highest BCUT2D eigenvalue weighted by molar-refractivity contribution is 6.35. The van der Waals surface area contributed by atoms with Crippen molar-refractivity contribution in [3.63, 3.8) is 0 Å². The lowest BCUT2D eigenvalue weighted by Crippen LogP contribution is -2.40. The van der Waals surface area contributed by atoms with Gasteiger partial charge in [0.25, 0.3) is 0 Å². The second-order valence-electron chi connectivity index (χ2n) is 6.77. The molecule has 1 N–H and O–H groups in total. The highest BCUT2D eigenvalue weighted by atomic mass is 35.5. The van der Waals surface area contributed by atoms with Crippen molar-refractivity contribution in [2.24, 2.45) is 5.92 Å². The van der Waals surface area contributed by atoms with Gasteiger partial charge in [-0.3, -0.25) is 9.69 Å². The molecule has 3 nitrogen and oxygen atoms in total. The number of amides is 1. The molecule has 1 amide bonds. The number of anilines is 1. The van der Waals surface area contributed by atoms with Gasteiger partial charge in [0, 0.05) is 34.4 Å². The Balaban J connectivity index is 1.65. The van der Waals surface area contributed by atoms with Gasteiger partial charge in [0.15, 0.2) is 0 Å². The van der Waals surface area contributed by atoms with Gasteiger partial charge in [0.2, 0.25) is 5.91 Å². The van der Waals surface area contributed by atoms with E-state index in [1.807, 2.05) is 36.4 Å². The number of nitrogens with zero attached hydrogens (tertiary/aromatic N) is 1. The Hall–Kier alpha value is -1.55. The number of piperidine rings is 1. The van der Waals surface area contributed by atoms with Crippen molar-refractivity contribution >= 4 is 34.8 Å². The number of carbonyl (C=O) groups is 1. The highest BCUT2D eigenvalue weighted by Crippen LogP contribution is 2.28. The summed E-state index contributed by atoms with van der Waals surface area (Å²) in [5, 5.41) is 4.48. The molecule has 1 saturated heterocycles. The topological polar surface area (TPSA) is 32.3 Å². The predicted octanol–water partition coefficient (Wildman–Crippen LogP) is 5.41. The van der Waals surface area contributed by atoms with Crippen molar-refractivity contribution in [3.05, 3.63) is 63.6 Å². The minimum atomic E-state index is -0.0186. The summed E-state index contributed by atoms with van der Waals surface area (Å²) >= 11 is 12.6. The molecule has 26 heavy (non-hydrogen) atoms. The molecule has 2 aromatic carbocycles. The Morgan fingerprint density at radius 1 is 1.15 bits per heavy atom. The van der Waals surface area contributed by atoms with Gasteiger partial charge in [-0.25, -0.2) is 0 Å². The molecule has 0 bridgehead atoms. The first-order valence-electron chi connectivity index (χ1n) is 9.12. The third kappa shape index (κ3) is 4.59. The molecule has 1 aliphatic heterocycles. The van der Waals surface area contributed by atoms with Crippen molar-refractivity contribution in [2.75, 3.05) is 18.4 Å². The first-order valence-corrected chi connectivity index (χ1v) is 9.88. The van der Waals surface area contributed by atoms with Gasteiger partial charge in [-0.05, 0) is 49.6 Å². The van der Waals surface area contributed by atoms with Crippen LogP contribution in [-0.4, -0.2) is 23.9 Å². The summed E-state index contributed by atoms with van der Waals surface area (Å²) in [6.45, 7) is 4.45. The van der Waals surface area contributed by atoms with E-state index in [-0.39, 0.29) is 11.8 Å². The summed E-state index contributed by atoms with van der Waals surface area (Å²) in [5.41, 5.74) is 3.02. The lowest BCUT2D eigenvalue weighted by atomic mass is 9.96. The van der Waals surface area contributed by atoms with E-state index < -0.39 is 0 Å². The van der Waals surface area contributed by atoms with Crippen LogP contribution in [0.25, 0.3) is 0 Å². The van der Waals surface area contributed by atoms with E-state index in [0.29, 0.717) is 16.6 Å². The highest BCUT2D eigenvalue weighted by Gasteiger charge is 2.27. The molecule has 0 aliphatic carbocycles. The van der Waals surface area contributed by atoms with Gasteiger partial charge < -0.3 is 5.32 Å². The van der Waals surface area contributed by atoms with E-state index in [4.69, 9.17) is 23.2 Å². The number of hydrogen-bond acceptors (Lipinski definition) is 2. The maximum atomic E-state index is 12.8. The monoisotopic (exact) mass is 390 g/mol. The van der Waals surface area contributed by atoms with E-state index in [0.717, 1.165) is 49.2 Å². The van der Waals surface area contributed by atoms with Crippen LogP contribution in [0.2, 0.25) is 10.0 Å². The lowest BCUT2D eigenvalue weighted by molar-refractivity contribution is -0.121. The molecule has 0 saturated carbocycles. The molecule has 1 atom stereocenters. The third-order valence-electron chi connectivity index (χ3n) is 4.98. The first-order chi connectivity index (χ1) is 12.6. The Bertz CT molecular complexity index is 758. The largest absolute Gasteiger partial charge is 0.326 e. The van der Waals surface area contributed by atoms with Gasteiger partial charge >= 0.3 is 0 Å². The van der Waals surface area contributed by atoms with E-state index in [1.165, 1.54) is 0 Å². The SMILES string of the molecule is CCc1ccccc1NC(=O)[C@@H]1CCCN(Cc2c(Cl)cccc2Cl)C1. The minimum Gasteiger partial charge on any atom is -0.326 e. The van der Waals surface area contributed by atoms with E-state index >= 15 is 0 Å². The molecule has 5 heteroatoms. The molecule has 1 aliphatic rings. The Morgan fingerprint density at radius 2 is 1.88 bits per heavy atom. The zero-order valence-corrected chi connectivity index (χ0v) is 16.5. The summed E-state index contributed by atoms with van der Waals surface area (Å²) in [6.07, 6.45) is 2.81. The van der Waals surface area contributed by atoms with Gasteiger partial charge in [-0.15, -0.1) is 0 Å². The zero-order chi connectivity index (χ0) is 18.5. The van der Waals surface area contributed by atoms with Crippen molar-refractivity contribution in [2.45, 2.75) is 32.7 Å². The number of rotatable bonds is 5.